The number of hydrogen-bond acceptors (Lipinski definition) is 6. The number of hydrogen-bond donors (Lipinski definition) is 2. The highest BCUT2D eigenvalue weighted by atomic mass is 32.1. The number of thiophene rings is 1. The molecule has 0 saturated carbocycles. The van der Waals surface area contributed by atoms with E-state index in [9.17, 15) is 4.79 Å². The largest absolute Gasteiger partial charge is 0.382 e. The highest BCUT2D eigenvalue weighted by molar-refractivity contribution is 7.18. The second-order valence-electron chi connectivity index (χ2n) is 5.65. The van der Waals surface area contributed by atoms with Gasteiger partial charge in [0.1, 0.15) is 10.7 Å². The van der Waals surface area contributed by atoms with Crippen LogP contribution in [0.3, 0.4) is 0 Å². The van der Waals surface area contributed by atoms with Crippen molar-refractivity contribution in [2.45, 2.75) is 19.3 Å². The molecule has 7 heteroatoms. The lowest BCUT2D eigenvalue weighted by atomic mass is 9.91. The molecule has 3 N–H and O–H groups in total. The molecule has 0 aliphatic carbocycles. The zero-order chi connectivity index (χ0) is 15.6. The molecule has 1 amide bonds. The molecule has 0 fully saturated rings. The Labute approximate surface area is 132 Å². The lowest BCUT2D eigenvalue weighted by Crippen LogP contribution is -2.36. The van der Waals surface area contributed by atoms with Gasteiger partial charge in [-0.3, -0.25) is 4.79 Å². The summed E-state index contributed by atoms with van der Waals surface area (Å²) in [7, 11) is 3.75. The summed E-state index contributed by atoms with van der Waals surface area (Å²) in [6.45, 7) is 4.78. The van der Waals surface area contributed by atoms with Crippen molar-refractivity contribution in [3.63, 3.8) is 0 Å². The normalized spacial score (nSPS) is 11.4. The summed E-state index contributed by atoms with van der Waals surface area (Å²) in [4.78, 5) is 20.0. The van der Waals surface area contributed by atoms with Gasteiger partial charge in [0.25, 0.3) is 5.91 Å². The van der Waals surface area contributed by atoms with Crippen molar-refractivity contribution < 1.29 is 4.79 Å². The quantitative estimate of drug-likeness (QED) is 0.887. The van der Waals surface area contributed by atoms with Crippen LogP contribution in [0.1, 0.15) is 28.4 Å². The first-order valence-corrected chi connectivity index (χ1v) is 8.26. The average Bonchev–Trinajstić information content (AvgIpc) is 3.05. The fraction of sp³-hybridized carbons (Fsp3) is 0.429. The third-order valence-electron chi connectivity index (χ3n) is 3.11. The topological polar surface area (TPSA) is 71.2 Å². The molecule has 114 valence electrons. The number of nitrogens with zero attached hydrogens (tertiary/aromatic N) is 2. The highest BCUT2D eigenvalue weighted by Crippen LogP contribution is 2.28. The van der Waals surface area contributed by atoms with Gasteiger partial charge in [-0.2, -0.15) is 0 Å². The first kappa shape index (κ1) is 15.8. The fourth-order valence-electron chi connectivity index (χ4n) is 1.81. The number of carbonyl (C=O) groups excluding carboxylic acids is 1. The number of thiazole rings is 1. The van der Waals surface area contributed by atoms with Crippen LogP contribution in [0.5, 0.6) is 0 Å². The van der Waals surface area contributed by atoms with E-state index in [1.54, 1.807) is 11.3 Å². The summed E-state index contributed by atoms with van der Waals surface area (Å²) >= 11 is 3.00. The maximum atomic E-state index is 12.3. The van der Waals surface area contributed by atoms with Crippen molar-refractivity contribution in [2.24, 2.45) is 0 Å². The van der Waals surface area contributed by atoms with Crippen molar-refractivity contribution in [3.8, 4) is 0 Å². The Bertz CT molecular complexity index is 617. The summed E-state index contributed by atoms with van der Waals surface area (Å²) in [5.74, 6) is 0.123. The lowest BCUT2D eigenvalue weighted by molar-refractivity contribution is 0.0950. The standard InChI is InChI=1S/C14H20N4OS2/c1-14(2,9-6-5-7-20-9)8-16-12(19)10-11(15)17-13(21-10)18(3)4/h5-7H,8,15H2,1-4H3,(H,16,19). The zero-order valence-corrected chi connectivity index (χ0v) is 14.3. The second kappa shape index (κ2) is 6.03. The maximum absolute atomic E-state index is 12.3. The number of aromatic nitrogens is 1. The highest BCUT2D eigenvalue weighted by Gasteiger charge is 2.24. The summed E-state index contributed by atoms with van der Waals surface area (Å²) in [6.07, 6.45) is 0. The van der Waals surface area contributed by atoms with Gasteiger partial charge in [-0.25, -0.2) is 4.98 Å². The van der Waals surface area contributed by atoms with E-state index in [0.29, 0.717) is 11.4 Å². The van der Waals surface area contributed by atoms with E-state index >= 15 is 0 Å². The molecule has 0 aliphatic heterocycles. The molecule has 0 unspecified atom stereocenters. The van der Waals surface area contributed by atoms with E-state index in [1.807, 2.05) is 30.4 Å². The molecule has 0 aromatic carbocycles. The first-order chi connectivity index (χ1) is 9.81. The van der Waals surface area contributed by atoms with Crippen molar-refractivity contribution in [1.82, 2.24) is 10.3 Å². The maximum Gasteiger partial charge on any atom is 0.265 e. The molecule has 0 spiro atoms. The van der Waals surface area contributed by atoms with Crippen molar-refractivity contribution in [1.29, 1.82) is 0 Å². The van der Waals surface area contributed by atoms with Gasteiger partial charge in [0.2, 0.25) is 0 Å². The Morgan fingerprint density at radius 2 is 2.19 bits per heavy atom. The van der Waals surface area contributed by atoms with Gasteiger partial charge in [0, 0.05) is 30.9 Å². The van der Waals surface area contributed by atoms with Crippen molar-refractivity contribution in [2.75, 3.05) is 31.3 Å². The average molecular weight is 324 g/mol. The van der Waals surface area contributed by atoms with Gasteiger partial charge in [-0.05, 0) is 11.4 Å². The van der Waals surface area contributed by atoms with Crippen LogP contribution in [0.15, 0.2) is 17.5 Å². The van der Waals surface area contributed by atoms with E-state index in [1.165, 1.54) is 16.2 Å². The molecule has 0 atom stereocenters. The monoisotopic (exact) mass is 324 g/mol. The van der Waals surface area contributed by atoms with Gasteiger partial charge in [-0.1, -0.05) is 31.3 Å². The van der Waals surface area contributed by atoms with E-state index in [4.69, 9.17) is 5.73 Å². The predicted molar refractivity (Wildman–Crippen MR) is 90.5 cm³/mol. The molecule has 0 radical (unpaired) electrons. The molecular formula is C14H20N4OS2. The number of anilines is 2. The van der Waals surface area contributed by atoms with Crippen LogP contribution < -0.4 is 16.0 Å². The molecule has 21 heavy (non-hydrogen) atoms. The zero-order valence-electron chi connectivity index (χ0n) is 12.6. The summed E-state index contributed by atoms with van der Waals surface area (Å²) in [5.41, 5.74) is 5.72. The minimum atomic E-state index is -0.164. The third kappa shape index (κ3) is 3.54. The van der Waals surface area contributed by atoms with Crippen LogP contribution in [0, 0.1) is 0 Å². The number of nitrogen functional groups attached to an aromatic ring is 1. The van der Waals surface area contributed by atoms with Crippen LogP contribution in [-0.2, 0) is 5.41 Å². The molecular weight excluding hydrogens is 304 g/mol. The van der Waals surface area contributed by atoms with Gasteiger partial charge in [0.15, 0.2) is 5.13 Å². The summed E-state index contributed by atoms with van der Waals surface area (Å²) < 4.78 is 0. The van der Waals surface area contributed by atoms with E-state index in [-0.39, 0.29) is 17.1 Å². The molecule has 2 heterocycles. The molecule has 2 rings (SSSR count). The second-order valence-corrected chi connectivity index (χ2v) is 7.57. The van der Waals surface area contributed by atoms with Crippen LogP contribution in [0.25, 0.3) is 0 Å². The third-order valence-corrected chi connectivity index (χ3v) is 5.58. The van der Waals surface area contributed by atoms with Crippen LogP contribution in [0.4, 0.5) is 10.9 Å². The number of nitrogens with one attached hydrogen (secondary N) is 1. The van der Waals surface area contributed by atoms with Crippen molar-refractivity contribution in [3.05, 3.63) is 27.3 Å². The Morgan fingerprint density at radius 1 is 1.48 bits per heavy atom. The van der Waals surface area contributed by atoms with Gasteiger partial charge < -0.3 is 16.0 Å². The fourth-order valence-corrected chi connectivity index (χ4v) is 3.48. The number of amides is 1. The minimum absolute atomic E-state index is 0.104. The van der Waals surface area contributed by atoms with Crippen LogP contribution in [0.2, 0.25) is 0 Å². The Morgan fingerprint density at radius 3 is 2.71 bits per heavy atom. The smallest absolute Gasteiger partial charge is 0.265 e. The first-order valence-electron chi connectivity index (χ1n) is 6.57. The number of rotatable bonds is 5. The SMILES string of the molecule is CN(C)c1nc(N)c(C(=O)NCC(C)(C)c2cccs2)s1. The predicted octanol–water partition coefficient (Wildman–Crippen LogP) is 2.56. The molecule has 0 saturated heterocycles. The number of nitrogens with two attached hydrogens (primary N) is 1. The Kier molecular flexibility index (Phi) is 4.53. The molecule has 5 nitrogen and oxygen atoms in total. The summed E-state index contributed by atoms with van der Waals surface area (Å²) in [6, 6.07) is 4.11. The van der Waals surface area contributed by atoms with E-state index in [2.05, 4.69) is 30.2 Å². The van der Waals surface area contributed by atoms with E-state index in [0.717, 1.165) is 5.13 Å². The minimum Gasteiger partial charge on any atom is -0.382 e. The molecule has 0 bridgehead atoms. The summed E-state index contributed by atoms with van der Waals surface area (Å²) in [5, 5.41) is 5.74. The lowest BCUT2D eigenvalue weighted by Gasteiger charge is -2.23. The van der Waals surface area contributed by atoms with Crippen LogP contribution in [-0.4, -0.2) is 31.5 Å². The number of carbonyl (C=O) groups is 1. The van der Waals surface area contributed by atoms with Crippen molar-refractivity contribution >= 4 is 39.5 Å². The molecule has 0 aliphatic rings. The molecule has 2 aromatic heterocycles. The van der Waals surface area contributed by atoms with E-state index < -0.39 is 0 Å². The Hall–Kier alpha value is -1.60. The van der Waals surface area contributed by atoms with Gasteiger partial charge in [0.05, 0.1) is 0 Å². The van der Waals surface area contributed by atoms with Crippen LogP contribution >= 0.6 is 22.7 Å². The molecule has 2 aromatic rings. The Balaban J connectivity index is 2.05. The van der Waals surface area contributed by atoms with Gasteiger partial charge >= 0.3 is 0 Å². The van der Waals surface area contributed by atoms with Gasteiger partial charge in [-0.15, -0.1) is 11.3 Å².